The second kappa shape index (κ2) is 6.55. The lowest BCUT2D eigenvalue weighted by molar-refractivity contribution is -0.131. The average Bonchev–Trinajstić information content (AvgIpc) is 2.95. The molecule has 1 N–H and O–H groups in total. The number of rotatable bonds is 3. The Bertz CT molecular complexity index is 980. The third-order valence-corrected chi connectivity index (χ3v) is 4.11. The molecule has 1 aromatic heterocycles. The van der Waals surface area contributed by atoms with Crippen molar-refractivity contribution in [2.75, 3.05) is 13.1 Å². The molecule has 1 atom stereocenters. The lowest BCUT2D eigenvalue weighted by Gasteiger charge is -2.19. The molecule has 9 heteroatoms. The molecule has 1 saturated heterocycles. The molecule has 3 rings (SSSR count). The number of nitrogens with one attached hydrogen (secondary N) is 1. The van der Waals surface area contributed by atoms with Gasteiger partial charge in [0.1, 0.15) is 12.3 Å². The van der Waals surface area contributed by atoms with Gasteiger partial charge in [0.15, 0.2) is 0 Å². The van der Waals surface area contributed by atoms with E-state index < -0.39 is 48.9 Å². The van der Waals surface area contributed by atoms with E-state index in [-0.39, 0.29) is 10.9 Å². The van der Waals surface area contributed by atoms with Crippen molar-refractivity contribution in [1.29, 1.82) is 5.26 Å². The molecule has 0 radical (unpaired) electrons. The topological polar surface area (TPSA) is 103 Å². The maximum absolute atomic E-state index is 13.4. The van der Waals surface area contributed by atoms with Crippen LogP contribution in [0.25, 0.3) is 10.8 Å². The summed E-state index contributed by atoms with van der Waals surface area (Å²) < 4.78 is 31.6. The number of amides is 2. The molecule has 1 aliphatic rings. The lowest BCUT2D eigenvalue weighted by atomic mass is 10.1. The number of halogens is 2. The molecule has 2 aromatic rings. The van der Waals surface area contributed by atoms with Gasteiger partial charge in [0, 0.05) is 11.8 Å². The first kappa shape index (κ1) is 17.5. The first-order valence-corrected chi connectivity index (χ1v) is 7.68. The Kier molecular flexibility index (Phi) is 4.42. The van der Waals surface area contributed by atoms with Gasteiger partial charge >= 0.3 is 5.63 Å². The van der Waals surface area contributed by atoms with Crippen LogP contribution in [0.1, 0.15) is 16.8 Å². The number of benzene rings is 1. The van der Waals surface area contributed by atoms with E-state index in [2.05, 4.69) is 5.32 Å². The highest BCUT2D eigenvalue weighted by atomic mass is 19.3. The Labute approximate surface area is 145 Å². The Hall–Kier alpha value is -3.28. The van der Waals surface area contributed by atoms with Crippen molar-refractivity contribution < 1.29 is 22.8 Å². The number of nitrogens with zero attached hydrogens (tertiary/aromatic N) is 2. The van der Waals surface area contributed by atoms with Crippen molar-refractivity contribution in [3.63, 3.8) is 0 Å². The molecule has 2 heterocycles. The number of hydrogen-bond donors (Lipinski definition) is 1. The molecule has 0 saturated carbocycles. The van der Waals surface area contributed by atoms with Crippen LogP contribution in [0.4, 0.5) is 8.78 Å². The predicted octanol–water partition coefficient (Wildman–Crippen LogP) is 1.28. The van der Waals surface area contributed by atoms with E-state index in [0.717, 1.165) is 11.2 Å². The van der Waals surface area contributed by atoms with E-state index in [1.807, 2.05) is 0 Å². The quantitative estimate of drug-likeness (QED) is 0.887. The number of alkyl halides is 2. The Morgan fingerprint density at radius 1 is 1.35 bits per heavy atom. The molecule has 1 aromatic carbocycles. The summed E-state index contributed by atoms with van der Waals surface area (Å²) in [5.41, 5.74) is -0.569. The minimum absolute atomic E-state index is 0.0385. The maximum atomic E-state index is 13.4. The molecule has 7 nitrogen and oxygen atoms in total. The van der Waals surface area contributed by atoms with Gasteiger partial charge in [-0.1, -0.05) is 18.2 Å². The molecular weight excluding hydrogens is 348 g/mol. The zero-order chi connectivity index (χ0) is 18.9. The summed E-state index contributed by atoms with van der Waals surface area (Å²) in [5.74, 6) is -4.61. The van der Waals surface area contributed by atoms with Gasteiger partial charge in [-0.15, -0.1) is 0 Å². The van der Waals surface area contributed by atoms with Gasteiger partial charge in [0.2, 0.25) is 5.91 Å². The molecule has 26 heavy (non-hydrogen) atoms. The highest BCUT2D eigenvalue weighted by Crippen LogP contribution is 2.31. The summed E-state index contributed by atoms with van der Waals surface area (Å²) in [6, 6.07) is 6.72. The van der Waals surface area contributed by atoms with Gasteiger partial charge in [-0.05, 0) is 6.07 Å². The normalized spacial score (nSPS) is 18.5. The van der Waals surface area contributed by atoms with Crippen LogP contribution in [0.5, 0.6) is 0 Å². The van der Waals surface area contributed by atoms with Gasteiger partial charge in [-0.3, -0.25) is 9.59 Å². The van der Waals surface area contributed by atoms with Gasteiger partial charge in [-0.25, -0.2) is 13.6 Å². The van der Waals surface area contributed by atoms with Crippen molar-refractivity contribution >= 4 is 22.6 Å². The van der Waals surface area contributed by atoms with E-state index in [1.165, 1.54) is 6.07 Å². The SMILES string of the molecule is N#CC1CC(F)(F)CN1C(=O)CNC(=O)c1coc(=O)c2ccccc12. The van der Waals surface area contributed by atoms with E-state index in [4.69, 9.17) is 9.68 Å². The Balaban J connectivity index is 1.74. The molecule has 0 aliphatic carbocycles. The standard InChI is InChI=1S/C17H13F2N3O4/c18-17(19)5-10(6-20)22(9-17)14(23)7-21-15(24)13-8-26-16(25)12-4-2-1-3-11(12)13/h1-4,8,10H,5,7,9H2,(H,21,24). The fourth-order valence-electron chi connectivity index (χ4n) is 2.86. The molecule has 0 spiro atoms. The van der Waals surface area contributed by atoms with Crippen LogP contribution in [0.15, 0.2) is 39.7 Å². The van der Waals surface area contributed by atoms with Gasteiger partial charge in [-0.2, -0.15) is 5.26 Å². The minimum atomic E-state index is -3.13. The third kappa shape index (κ3) is 3.26. The molecular formula is C17H13F2N3O4. The highest BCUT2D eigenvalue weighted by Gasteiger charge is 2.47. The molecule has 1 aliphatic heterocycles. The van der Waals surface area contributed by atoms with Crippen LogP contribution in [-0.4, -0.2) is 41.8 Å². The molecule has 2 amide bonds. The predicted molar refractivity (Wildman–Crippen MR) is 85.5 cm³/mol. The number of fused-ring (bicyclic) bond motifs is 1. The fourth-order valence-corrected chi connectivity index (χ4v) is 2.86. The van der Waals surface area contributed by atoms with E-state index in [0.29, 0.717) is 5.39 Å². The summed E-state index contributed by atoms with van der Waals surface area (Å²) in [6.45, 7) is -1.41. The number of likely N-dealkylation sites (tertiary alicyclic amines) is 1. The first-order chi connectivity index (χ1) is 12.3. The Morgan fingerprint density at radius 3 is 2.73 bits per heavy atom. The fraction of sp³-hybridized carbons (Fsp3) is 0.294. The molecule has 1 unspecified atom stereocenters. The van der Waals surface area contributed by atoms with Crippen molar-refractivity contribution in [2.45, 2.75) is 18.4 Å². The first-order valence-electron chi connectivity index (χ1n) is 7.68. The van der Waals surface area contributed by atoms with Crippen molar-refractivity contribution in [1.82, 2.24) is 10.2 Å². The number of nitriles is 1. The summed E-state index contributed by atoms with van der Waals surface area (Å²) >= 11 is 0. The number of hydrogen-bond acceptors (Lipinski definition) is 5. The smallest absolute Gasteiger partial charge is 0.343 e. The zero-order valence-electron chi connectivity index (χ0n) is 13.4. The monoisotopic (exact) mass is 361 g/mol. The van der Waals surface area contributed by atoms with Gasteiger partial charge < -0.3 is 14.6 Å². The van der Waals surface area contributed by atoms with Crippen molar-refractivity contribution in [2.24, 2.45) is 0 Å². The van der Waals surface area contributed by atoms with E-state index >= 15 is 0 Å². The van der Waals surface area contributed by atoms with Crippen LogP contribution >= 0.6 is 0 Å². The van der Waals surface area contributed by atoms with E-state index in [9.17, 15) is 23.2 Å². The van der Waals surface area contributed by atoms with E-state index in [1.54, 1.807) is 24.3 Å². The highest BCUT2D eigenvalue weighted by molar-refractivity contribution is 6.07. The largest absolute Gasteiger partial charge is 0.430 e. The summed E-state index contributed by atoms with van der Waals surface area (Å²) in [6.07, 6.45) is 0.254. The average molecular weight is 361 g/mol. The zero-order valence-corrected chi connectivity index (χ0v) is 13.4. The molecule has 134 valence electrons. The second-order valence-corrected chi connectivity index (χ2v) is 5.89. The van der Waals surface area contributed by atoms with Crippen LogP contribution < -0.4 is 10.9 Å². The third-order valence-electron chi connectivity index (χ3n) is 4.11. The van der Waals surface area contributed by atoms with Crippen LogP contribution in [0, 0.1) is 11.3 Å². The van der Waals surface area contributed by atoms with Crippen LogP contribution in [-0.2, 0) is 4.79 Å². The number of carbonyl (C=O) groups excluding carboxylic acids is 2. The summed E-state index contributed by atoms with van der Waals surface area (Å²) in [5, 5.41) is 11.8. The lowest BCUT2D eigenvalue weighted by Crippen LogP contribution is -2.43. The summed E-state index contributed by atoms with van der Waals surface area (Å²) in [7, 11) is 0. The number of carbonyl (C=O) groups is 2. The maximum Gasteiger partial charge on any atom is 0.343 e. The van der Waals surface area contributed by atoms with Crippen LogP contribution in [0.3, 0.4) is 0 Å². The van der Waals surface area contributed by atoms with Crippen LogP contribution in [0.2, 0.25) is 0 Å². The molecule has 0 bridgehead atoms. The van der Waals surface area contributed by atoms with Gasteiger partial charge in [0.25, 0.3) is 11.8 Å². The minimum Gasteiger partial charge on any atom is -0.430 e. The Morgan fingerprint density at radius 2 is 2.04 bits per heavy atom. The van der Waals surface area contributed by atoms with Crippen molar-refractivity contribution in [3.05, 3.63) is 46.5 Å². The van der Waals surface area contributed by atoms with Crippen molar-refractivity contribution in [3.8, 4) is 6.07 Å². The molecule has 1 fully saturated rings. The van der Waals surface area contributed by atoms with Gasteiger partial charge in [0.05, 0.1) is 30.1 Å². The second-order valence-electron chi connectivity index (χ2n) is 5.89. The summed E-state index contributed by atoms with van der Waals surface area (Å²) in [4.78, 5) is 36.8.